The van der Waals surface area contributed by atoms with E-state index in [2.05, 4.69) is 10.2 Å². The second-order valence-corrected chi connectivity index (χ2v) is 11.2. The van der Waals surface area contributed by atoms with Crippen LogP contribution in [0.1, 0.15) is 32.6 Å². The van der Waals surface area contributed by atoms with Gasteiger partial charge in [-0.1, -0.05) is 35.9 Å². The van der Waals surface area contributed by atoms with E-state index in [1.165, 1.54) is 25.2 Å². The summed E-state index contributed by atoms with van der Waals surface area (Å²) in [7, 11) is 0. The predicted octanol–water partition coefficient (Wildman–Crippen LogP) is 4.11. The van der Waals surface area contributed by atoms with Crippen LogP contribution in [0.25, 0.3) is 0 Å². The van der Waals surface area contributed by atoms with Gasteiger partial charge in [0.05, 0.1) is 12.2 Å². The topological polar surface area (TPSA) is 76.0 Å². The Balaban J connectivity index is 1.21. The third-order valence-electron chi connectivity index (χ3n) is 8.52. The van der Waals surface area contributed by atoms with E-state index < -0.39 is 23.9 Å². The van der Waals surface area contributed by atoms with Crippen molar-refractivity contribution < 1.29 is 23.8 Å². The zero-order valence-corrected chi connectivity index (χ0v) is 22.6. The third kappa shape index (κ3) is 6.65. The Hall–Kier alpha value is -2.26. The van der Waals surface area contributed by atoms with Gasteiger partial charge in [0, 0.05) is 66.9 Å². The molecule has 3 saturated heterocycles. The number of aliphatic hydroxyl groups is 2. The quantitative estimate of drug-likeness (QED) is 0.329. The number of halogens is 3. The second-order valence-electron chi connectivity index (χ2n) is 10.7. The van der Waals surface area contributed by atoms with Gasteiger partial charge < -0.3 is 20.4 Å². The third-order valence-corrected chi connectivity index (χ3v) is 8.78. The molecule has 0 saturated carbocycles. The molecule has 208 valence electrons. The lowest BCUT2D eigenvalue weighted by molar-refractivity contribution is -0.128. The van der Waals surface area contributed by atoms with Crippen LogP contribution in [0.4, 0.5) is 8.78 Å². The molecule has 1 amide bonds. The van der Waals surface area contributed by atoms with Crippen LogP contribution in [0, 0.1) is 17.3 Å². The van der Waals surface area contributed by atoms with Crippen LogP contribution in [-0.4, -0.2) is 77.4 Å². The number of nitrogens with zero attached hydrogens (tertiary/aromatic N) is 2. The minimum absolute atomic E-state index is 0.0880. The van der Waals surface area contributed by atoms with E-state index in [-0.39, 0.29) is 23.2 Å². The van der Waals surface area contributed by atoms with Gasteiger partial charge in [0.2, 0.25) is 5.91 Å². The molecule has 3 N–H and O–H groups in total. The summed E-state index contributed by atoms with van der Waals surface area (Å²) >= 11 is 6.18. The Bertz CT molecular complexity index is 1060. The second kappa shape index (κ2) is 12.7. The van der Waals surface area contributed by atoms with Crippen LogP contribution in [-0.2, 0) is 4.79 Å². The minimum Gasteiger partial charge on any atom is -0.392 e. The van der Waals surface area contributed by atoms with E-state index in [1.807, 2.05) is 12.2 Å². The first-order valence-electron chi connectivity index (χ1n) is 13.4. The van der Waals surface area contributed by atoms with Gasteiger partial charge in [-0.15, -0.1) is 0 Å². The lowest BCUT2D eigenvalue weighted by Crippen LogP contribution is -2.56. The molecular formula is C29H38ClF2N3O3. The first kappa shape index (κ1) is 28.7. The van der Waals surface area contributed by atoms with E-state index in [0.29, 0.717) is 39.0 Å². The molecule has 38 heavy (non-hydrogen) atoms. The van der Waals surface area contributed by atoms with E-state index in [4.69, 9.17) is 11.6 Å². The smallest absolute Gasteiger partial charge is 0.246 e. The monoisotopic (exact) mass is 549 g/mol. The number of hydrogen-bond acceptors (Lipinski definition) is 5. The van der Waals surface area contributed by atoms with Crippen molar-refractivity contribution >= 4 is 17.5 Å². The van der Waals surface area contributed by atoms with E-state index in [9.17, 15) is 23.8 Å². The zero-order valence-electron chi connectivity index (χ0n) is 21.8. The highest BCUT2D eigenvalue weighted by atomic mass is 35.5. The molecule has 4 rings (SSSR count). The number of fused-ring (bicyclic) bond motifs is 2. The van der Waals surface area contributed by atoms with Crippen molar-refractivity contribution in [3.8, 4) is 0 Å². The van der Waals surface area contributed by atoms with Crippen molar-refractivity contribution in [1.82, 2.24) is 15.1 Å². The molecule has 0 radical (unpaired) electrons. The largest absolute Gasteiger partial charge is 0.392 e. The maximum absolute atomic E-state index is 13.5. The molecule has 0 bridgehead atoms. The zero-order chi connectivity index (χ0) is 27.3. The van der Waals surface area contributed by atoms with E-state index in [0.717, 1.165) is 54.9 Å². The van der Waals surface area contributed by atoms with E-state index >= 15 is 0 Å². The lowest BCUT2D eigenvalue weighted by atomic mass is 9.66. The first-order valence-corrected chi connectivity index (χ1v) is 13.8. The number of carbonyl (C=O) groups excluding carboxylic acids is 1. The fourth-order valence-corrected chi connectivity index (χ4v) is 6.38. The van der Waals surface area contributed by atoms with Crippen molar-refractivity contribution in [3.63, 3.8) is 0 Å². The molecule has 3 heterocycles. The molecule has 4 atom stereocenters. The summed E-state index contributed by atoms with van der Waals surface area (Å²) < 4.78 is 26.5. The summed E-state index contributed by atoms with van der Waals surface area (Å²) in [6, 6.07) is 0. The average Bonchev–Trinajstić information content (AvgIpc) is 3.27. The Morgan fingerprint density at radius 2 is 1.97 bits per heavy atom. The highest BCUT2D eigenvalue weighted by molar-refractivity contribution is 6.31. The molecule has 9 heteroatoms. The first-order chi connectivity index (χ1) is 18.2. The summed E-state index contributed by atoms with van der Waals surface area (Å²) in [6.45, 7) is 5.17. The molecule has 4 aliphatic rings. The van der Waals surface area contributed by atoms with Gasteiger partial charge in [-0.3, -0.25) is 9.69 Å². The number of amides is 1. The standard InChI is InChI=1S/C29H38ClF2N3O3/c1-2-22(31)16-23(32)5-3-4-6-28(38)35-12-9-20(10-13-35)26(36)17-34-14-11-29(27(37)18-34)19-33-25-15-21(30)7-8-24(25)29/h2-7,15-16,20,24,26-27,33,36-37H,8-14,17-19H2,1H3/b5-3+,6-4+,22-2+,23-16+. The molecule has 6 nitrogen and oxygen atoms in total. The van der Waals surface area contributed by atoms with Crippen molar-refractivity contribution in [3.05, 3.63) is 71.0 Å². The van der Waals surface area contributed by atoms with Gasteiger partial charge in [0.1, 0.15) is 11.7 Å². The summed E-state index contributed by atoms with van der Waals surface area (Å²) in [4.78, 5) is 16.3. The Morgan fingerprint density at radius 3 is 2.68 bits per heavy atom. The van der Waals surface area contributed by atoms with Crippen molar-refractivity contribution in [1.29, 1.82) is 0 Å². The van der Waals surface area contributed by atoms with Gasteiger partial charge in [-0.2, -0.15) is 0 Å². The molecule has 1 aliphatic carbocycles. The highest BCUT2D eigenvalue weighted by Gasteiger charge is 2.53. The number of β-amino-alcohol motifs (C(OH)–C–C–N with tert-alkyl or cyclic N) is 2. The number of rotatable bonds is 7. The van der Waals surface area contributed by atoms with Gasteiger partial charge >= 0.3 is 0 Å². The molecule has 4 unspecified atom stereocenters. The van der Waals surface area contributed by atoms with Crippen LogP contribution < -0.4 is 5.32 Å². The number of piperidine rings is 2. The molecule has 0 aromatic heterocycles. The molecule has 1 spiro atoms. The molecule has 3 fully saturated rings. The van der Waals surface area contributed by atoms with Gasteiger partial charge in [-0.25, -0.2) is 8.78 Å². The van der Waals surface area contributed by atoms with Crippen molar-refractivity contribution in [2.24, 2.45) is 17.3 Å². The van der Waals surface area contributed by atoms with Crippen LogP contribution in [0.3, 0.4) is 0 Å². The maximum atomic E-state index is 13.5. The average molecular weight is 550 g/mol. The fraction of sp³-hybridized carbons (Fsp3) is 0.552. The predicted molar refractivity (Wildman–Crippen MR) is 145 cm³/mol. The van der Waals surface area contributed by atoms with Crippen molar-refractivity contribution in [2.45, 2.75) is 44.8 Å². The van der Waals surface area contributed by atoms with Crippen LogP contribution in [0.2, 0.25) is 0 Å². The van der Waals surface area contributed by atoms with Crippen LogP contribution >= 0.6 is 11.6 Å². The lowest BCUT2D eigenvalue weighted by Gasteiger charge is -2.47. The van der Waals surface area contributed by atoms with Gasteiger partial charge in [0.25, 0.3) is 0 Å². The molecule has 3 aliphatic heterocycles. The Kier molecular flexibility index (Phi) is 9.63. The summed E-state index contributed by atoms with van der Waals surface area (Å²) in [5.74, 6) is -1.22. The SMILES string of the molecule is C\C=C(F)/C=C(F)\C=C\C=C\C(=O)N1CCC(C(O)CN2CCC3(CNC4=CC(Cl)=CCC43)C(O)C2)CC1. The van der Waals surface area contributed by atoms with Crippen molar-refractivity contribution in [2.75, 3.05) is 39.3 Å². The molecular weight excluding hydrogens is 512 g/mol. The number of nitrogens with one attached hydrogen (secondary N) is 1. The summed E-state index contributed by atoms with van der Waals surface area (Å²) in [5, 5.41) is 26.3. The van der Waals surface area contributed by atoms with Gasteiger partial charge in [0.15, 0.2) is 0 Å². The Labute approximate surface area is 228 Å². The maximum Gasteiger partial charge on any atom is 0.246 e. The number of carbonyl (C=O) groups is 1. The minimum atomic E-state index is -0.735. The number of hydrogen-bond donors (Lipinski definition) is 3. The molecule has 0 aromatic rings. The Morgan fingerprint density at radius 1 is 1.24 bits per heavy atom. The number of likely N-dealkylation sites (tertiary alicyclic amines) is 2. The van der Waals surface area contributed by atoms with Crippen LogP contribution in [0.5, 0.6) is 0 Å². The number of aliphatic hydroxyl groups excluding tert-OH is 2. The fourth-order valence-electron chi connectivity index (χ4n) is 6.18. The van der Waals surface area contributed by atoms with Crippen LogP contribution in [0.15, 0.2) is 71.0 Å². The van der Waals surface area contributed by atoms with E-state index in [1.54, 1.807) is 4.90 Å². The summed E-state index contributed by atoms with van der Waals surface area (Å²) in [6.07, 6.45) is 13.3. The highest BCUT2D eigenvalue weighted by Crippen LogP contribution is 2.49. The number of allylic oxidation sites excluding steroid dienone is 11. The molecule has 0 aromatic carbocycles. The summed E-state index contributed by atoms with van der Waals surface area (Å²) in [5.41, 5.74) is 0.932. The van der Waals surface area contributed by atoms with Gasteiger partial charge in [-0.05, 0) is 57.2 Å². The normalized spacial score (nSPS) is 30.5.